The lowest BCUT2D eigenvalue weighted by Gasteiger charge is -2.26. The minimum absolute atomic E-state index is 0.182. The Morgan fingerprint density at radius 3 is 2.37 bits per heavy atom. The molecule has 0 bridgehead atoms. The molecule has 1 aliphatic heterocycles. The molecule has 1 aliphatic rings. The summed E-state index contributed by atoms with van der Waals surface area (Å²) in [6.45, 7) is 0.646. The van der Waals surface area contributed by atoms with E-state index in [0.717, 1.165) is 29.1 Å². The van der Waals surface area contributed by atoms with Gasteiger partial charge in [-0.25, -0.2) is 10.2 Å². The number of benzene rings is 1. The van der Waals surface area contributed by atoms with Gasteiger partial charge in [-0.2, -0.15) is 0 Å². The van der Waals surface area contributed by atoms with E-state index >= 15 is 0 Å². The third kappa shape index (κ3) is 6.97. The van der Waals surface area contributed by atoms with Gasteiger partial charge in [0, 0.05) is 37.0 Å². The zero-order valence-corrected chi connectivity index (χ0v) is 17.7. The van der Waals surface area contributed by atoms with Crippen molar-refractivity contribution in [3.63, 3.8) is 0 Å². The van der Waals surface area contributed by atoms with Gasteiger partial charge in [-0.05, 0) is 35.8 Å². The number of ether oxygens (including phenoxy) is 4. The standard InChI is InChI=1S/C22H28N2O6/c1-27-19-11-16(12-20(14-19)28-2)7-9-23-24-10-8-17(13-22(26)30-4)18(15-24)5-6-21(25)29-3/h5-6,8,10-12,14-15,17,23H,7,9,13H2,1-4H3/b6-5+. The summed E-state index contributed by atoms with van der Waals surface area (Å²) in [5.74, 6) is 0.495. The molecule has 0 radical (unpaired) electrons. The highest BCUT2D eigenvalue weighted by Gasteiger charge is 2.19. The molecule has 1 heterocycles. The monoisotopic (exact) mass is 416 g/mol. The van der Waals surface area contributed by atoms with Crippen LogP contribution in [0.5, 0.6) is 11.5 Å². The molecular weight excluding hydrogens is 388 g/mol. The molecular formula is C22H28N2O6. The van der Waals surface area contributed by atoms with E-state index in [1.165, 1.54) is 20.3 Å². The van der Waals surface area contributed by atoms with E-state index < -0.39 is 5.97 Å². The molecule has 1 aromatic rings. The second kappa shape index (κ2) is 11.7. The minimum Gasteiger partial charge on any atom is -0.497 e. The number of methoxy groups -OCH3 is 4. The lowest BCUT2D eigenvalue weighted by atomic mass is 9.94. The SMILES string of the molecule is COC(=O)/C=C/C1=CN(NCCc2cc(OC)cc(OC)c2)C=CC1CC(=O)OC. The molecule has 0 saturated heterocycles. The number of nitrogens with one attached hydrogen (secondary N) is 1. The van der Waals surface area contributed by atoms with Crippen LogP contribution in [-0.2, 0) is 25.5 Å². The first-order chi connectivity index (χ1) is 14.5. The molecule has 0 aliphatic carbocycles. The Bertz CT molecular complexity index is 809. The molecule has 1 aromatic carbocycles. The van der Waals surface area contributed by atoms with E-state index in [0.29, 0.717) is 6.54 Å². The molecule has 0 aromatic heterocycles. The van der Waals surface area contributed by atoms with Crippen LogP contribution in [0.4, 0.5) is 0 Å². The first-order valence-electron chi connectivity index (χ1n) is 9.45. The van der Waals surface area contributed by atoms with Gasteiger partial charge in [0.1, 0.15) is 11.5 Å². The van der Waals surface area contributed by atoms with Gasteiger partial charge in [-0.3, -0.25) is 9.80 Å². The highest BCUT2D eigenvalue weighted by Crippen LogP contribution is 2.24. The maximum Gasteiger partial charge on any atom is 0.330 e. The van der Waals surface area contributed by atoms with Crippen molar-refractivity contribution in [2.75, 3.05) is 35.0 Å². The van der Waals surface area contributed by atoms with Crippen molar-refractivity contribution < 1.29 is 28.5 Å². The fourth-order valence-corrected chi connectivity index (χ4v) is 2.89. The van der Waals surface area contributed by atoms with Crippen LogP contribution < -0.4 is 14.9 Å². The Morgan fingerprint density at radius 1 is 1.07 bits per heavy atom. The van der Waals surface area contributed by atoms with E-state index in [2.05, 4.69) is 10.2 Å². The number of esters is 2. The Labute approximate surface area is 176 Å². The zero-order valence-electron chi connectivity index (χ0n) is 17.7. The average Bonchev–Trinajstić information content (AvgIpc) is 2.78. The van der Waals surface area contributed by atoms with Crippen molar-refractivity contribution in [1.82, 2.24) is 10.4 Å². The summed E-state index contributed by atoms with van der Waals surface area (Å²) in [7, 11) is 5.90. The summed E-state index contributed by atoms with van der Waals surface area (Å²) < 4.78 is 20.0. The molecule has 8 heteroatoms. The molecule has 0 amide bonds. The van der Waals surface area contributed by atoms with Crippen LogP contribution in [-0.4, -0.2) is 51.9 Å². The minimum atomic E-state index is -0.464. The first kappa shape index (κ1) is 23.0. The number of carbonyl (C=O) groups excluding carboxylic acids is 2. The highest BCUT2D eigenvalue weighted by atomic mass is 16.5. The Kier molecular flexibility index (Phi) is 8.96. The van der Waals surface area contributed by atoms with Gasteiger partial charge in [-0.15, -0.1) is 0 Å². The largest absolute Gasteiger partial charge is 0.497 e. The van der Waals surface area contributed by atoms with Gasteiger partial charge in [-0.1, -0.05) is 6.08 Å². The topological polar surface area (TPSA) is 86.3 Å². The normalized spacial score (nSPS) is 15.7. The lowest BCUT2D eigenvalue weighted by Crippen LogP contribution is -2.33. The molecule has 2 rings (SSSR count). The molecule has 30 heavy (non-hydrogen) atoms. The van der Waals surface area contributed by atoms with Crippen LogP contribution in [0.1, 0.15) is 12.0 Å². The number of hydrogen-bond acceptors (Lipinski definition) is 8. The fourth-order valence-electron chi connectivity index (χ4n) is 2.89. The van der Waals surface area contributed by atoms with E-state index in [1.54, 1.807) is 25.3 Å². The Morgan fingerprint density at radius 2 is 1.77 bits per heavy atom. The maximum absolute atomic E-state index is 11.7. The molecule has 8 nitrogen and oxygen atoms in total. The Balaban J connectivity index is 2.04. The van der Waals surface area contributed by atoms with Crippen LogP contribution >= 0.6 is 0 Å². The van der Waals surface area contributed by atoms with E-state index in [4.69, 9.17) is 14.2 Å². The summed E-state index contributed by atoms with van der Waals surface area (Å²) in [6.07, 6.45) is 9.46. The van der Waals surface area contributed by atoms with Crippen LogP contribution in [0.3, 0.4) is 0 Å². The van der Waals surface area contributed by atoms with Gasteiger partial charge in [0.05, 0.1) is 34.9 Å². The van der Waals surface area contributed by atoms with Crippen molar-refractivity contribution in [2.24, 2.45) is 5.92 Å². The molecule has 1 unspecified atom stereocenters. The summed E-state index contributed by atoms with van der Waals surface area (Å²) in [5.41, 5.74) is 5.14. The smallest absolute Gasteiger partial charge is 0.330 e. The second-order valence-electron chi connectivity index (χ2n) is 6.50. The molecule has 1 atom stereocenters. The van der Waals surface area contributed by atoms with E-state index in [1.807, 2.05) is 36.7 Å². The van der Waals surface area contributed by atoms with Crippen molar-refractivity contribution in [1.29, 1.82) is 0 Å². The highest BCUT2D eigenvalue weighted by molar-refractivity contribution is 5.82. The summed E-state index contributed by atoms with van der Waals surface area (Å²) in [5, 5.41) is 1.79. The number of carbonyl (C=O) groups is 2. The predicted molar refractivity (Wildman–Crippen MR) is 112 cm³/mol. The van der Waals surface area contributed by atoms with Gasteiger partial charge >= 0.3 is 11.9 Å². The third-order valence-corrected chi connectivity index (χ3v) is 4.54. The number of allylic oxidation sites excluding steroid dienone is 3. The number of hydrogen-bond donors (Lipinski definition) is 1. The van der Waals surface area contributed by atoms with Crippen LogP contribution in [0.2, 0.25) is 0 Å². The van der Waals surface area contributed by atoms with Gasteiger partial charge in [0.15, 0.2) is 0 Å². The summed E-state index contributed by atoms with van der Waals surface area (Å²) in [6, 6.07) is 5.75. The second-order valence-corrected chi connectivity index (χ2v) is 6.50. The first-order valence-corrected chi connectivity index (χ1v) is 9.45. The lowest BCUT2D eigenvalue weighted by molar-refractivity contribution is -0.141. The zero-order chi connectivity index (χ0) is 21.9. The van der Waals surface area contributed by atoms with Crippen LogP contribution in [0, 0.1) is 5.92 Å². The molecule has 1 N–H and O–H groups in total. The molecule has 0 spiro atoms. The van der Waals surface area contributed by atoms with Crippen molar-refractivity contribution >= 4 is 11.9 Å². The molecule has 162 valence electrons. The molecule has 0 fully saturated rings. The van der Waals surface area contributed by atoms with Crippen LogP contribution in [0.25, 0.3) is 0 Å². The van der Waals surface area contributed by atoms with E-state index in [-0.39, 0.29) is 18.3 Å². The van der Waals surface area contributed by atoms with Gasteiger partial charge in [0.25, 0.3) is 0 Å². The van der Waals surface area contributed by atoms with Crippen molar-refractivity contribution in [3.8, 4) is 11.5 Å². The Hall–Kier alpha value is -3.26. The summed E-state index contributed by atoms with van der Waals surface area (Å²) in [4.78, 5) is 23.1. The van der Waals surface area contributed by atoms with Crippen molar-refractivity contribution in [2.45, 2.75) is 12.8 Å². The van der Waals surface area contributed by atoms with Crippen LogP contribution in [0.15, 0.2) is 54.4 Å². The number of nitrogens with zero attached hydrogens (tertiary/aromatic N) is 1. The maximum atomic E-state index is 11.7. The quantitative estimate of drug-likeness (QED) is 0.460. The average molecular weight is 416 g/mol. The van der Waals surface area contributed by atoms with Gasteiger partial charge in [0.2, 0.25) is 0 Å². The van der Waals surface area contributed by atoms with Crippen molar-refractivity contribution in [3.05, 3.63) is 60.0 Å². The van der Waals surface area contributed by atoms with Gasteiger partial charge < -0.3 is 18.9 Å². The molecule has 0 saturated carbocycles. The van der Waals surface area contributed by atoms with E-state index in [9.17, 15) is 9.59 Å². The number of rotatable bonds is 10. The summed E-state index contributed by atoms with van der Waals surface area (Å²) >= 11 is 0. The number of hydrazine groups is 1. The fraction of sp³-hybridized carbons (Fsp3) is 0.364. The predicted octanol–water partition coefficient (Wildman–Crippen LogP) is 2.37. The third-order valence-electron chi connectivity index (χ3n) is 4.54.